The molecule has 1 fully saturated rings. The highest BCUT2D eigenvalue weighted by Gasteiger charge is 2.24. The number of methoxy groups -OCH3 is 1. The van der Waals surface area contributed by atoms with Crippen molar-refractivity contribution in [2.75, 3.05) is 25.5 Å². The van der Waals surface area contributed by atoms with E-state index in [2.05, 4.69) is 15.6 Å². The van der Waals surface area contributed by atoms with Gasteiger partial charge in [0.05, 0.1) is 25.0 Å². The number of hydrogen-bond donors (Lipinski definition) is 1. The Morgan fingerprint density at radius 3 is 2.77 bits per heavy atom. The molecular formula is C15H19N5O2. The van der Waals surface area contributed by atoms with Gasteiger partial charge in [-0.1, -0.05) is 17.3 Å². The van der Waals surface area contributed by atoms with E-state index in [1.54, 1.807) is 13.3 Å². The van der Waals surface area contributed by atoms with Crippen molar-refractivity contribution in [3.8, 4) is 5.75 Å². The maximum Gasteiger partial charge on any atom is 0.321 e. The van der Waals surface area contributed by atoms with Crippen molar-refractivity contribution in [3.05, 3.63) is 36.7 Å². The molecule has 3 rings (SSSR count). The van der Waals surface area contributed by atoms with E-state index < -0.39 is 0 Å². The molecule has 1 aliphatic heterocycles. The molecule has 2 heterocycles. The largest absolute Gasteiger partial charge is 0.495 e. The zero-order chi connectivity index (χ0) is 15.4. The molecule has 1 aromatic heterocycles. The molecule has 1 aromatic carbocycles. The summed E-state index contributed by atoms with van der Waals surface area (Å²) in [4.78, 5) is 14.2. The number of nitrogens with zero attached hydrogens (tertiary/aromatic N) is 4. The number of carbonyl (C=O) groups excluding carboxylic acids is 1. The van der Waals surface area contributed by atoms with Gasteiger partial charge in [-0.2, -0.15) is 0 Å². The average Bonchev–Trinajstić information content (AvgIpc) is 3.10. The first-order valence-electron chi connectivity index (χ1n) is 7.32. The lowest BCUT2D eigenvalue weighted by atomic mass is 10.1. The molecule has 0 atom stereocenters. The molecule has 1 aliphatic rings. The van der Waals surface area contributed by atoms with Gasteiger partial charge < -0.3 is 15.0 Å². The minimum Gasteiger partial charge on any atom is -0.495 e. The normalized spacial score (nSPS) is 15.6. The first-order chi connectivity index (χ1) is 10.8. The summed E-state index contributed by atoms with van der Waals surface area (Å²) in [5.74, 6) is 0.661. The molecule has 116 valence electrons. The summed E-state index contributed by atoms with van der Waals surface area (Å²) in [6, 6.07) is 7.62. The molecular weight excluding hydrogens is 282 g/mol. The van der Waals surface area contributed by atoms with E-state index in [9.17, 15) is 4.79 Å². The van der Waals surface area contributed by atoms with Gasteiger partial charge in [-0.25, -0.2) is 9.48 Å². The second-order valence-corrected chi connectivity index (χ2v) is 5.23. The summed E-state index contributed by atoms with van der Waals surface area (Å²) in [6.45, 7) is 1.40. The standard InChI is InChI=1S/C15H19N5O2/c1-22-14-5-3-2-4-13(14)17-15(21)19-9-6-12(7-10-19)20-11-8-16-18-20/h2-5,8,11-12H,6-7,9-10H2,1H3,(H,17,21). The number of urea groups is 1. The van der Waals surface area contributed by atoms with Gasteiger partial charge in [-0.15, -0.1) is 5.10 Å². The Balaban J connectivity index is 1.58. The van der Waals surface area contributed by atoms with Crippen LogP contribution in [0.15, 0.2) is 36.7 Å². The number of amides is 2. The zero-order valence-corrected chi connectivity index (χ0v) is 12.5. The molecule has 7 heteroatoms. The first-order valence-corrected chi connectivity index (χ1v) is 7.32. The van der Waals surface area contributed by atoms with Gasteiger partial charge >= 0.3 is 6.03 Å². The number of hydrogen-bond acceptors (Lipinski definition) is 4. The number of carbonyl (C=O) groups is 1. The number of benzene rings is 1. The van der Waals surface area contributed by atoms with E-state index >= 15 is 0 Å². The zero-order valence-electron chi connectivity index (χ0n) is 12.5. The molecule has 0 bridgehead atoms. The Morgan fingerprint density at radius 2 is 2.09 bits per heavy atom. The predicted molar refractivity (Wildman–Crippen MR) is 81.9 cm³/mol. The van der Waals surface area contributed by atoms with Crippen LogP contribution in [-0.4, -0.2) is 46.1 Å². The van der Waals surface area contributed by atoms with Crippen LogP contribution in [0.5, 0.6) is 5.75 Å². The maximum absolute atomic E-state index is 12.4. The number of ether oxygens (including phenoxy) is 1. The number of para-hydroxylation sites is 2. The van der Waals surface area contributed by atoms with Crippen LogP contribution in [0.1, 0.15) is 18.9 Å². The van der Waals surface area contributed by atoms with Crippen LogP contribution in [0.3, 0.4) is 0 Å². The minimum atomic E-state index is -0.0958. The predicted octanol–water partition coefficient (Wildman–Crippen LogP) is 2.16. The summed E-state index contributed by atoms with van der Waals surface area (Å²) in [7, 11) is 1.59. The highest BCUT2D eigenvalue weighted by molar-refractivity contribution is 5.91. The summed E-state index contributed by atoms with van der Waals surface area (Å²) in [5, 5.41) is 10.8. The fraction of sp³-hybridized carbons (Fsp3) is 0.400. The third kappa shape index (κ3) is 3.03. The second kappa shape index (κ2) is 6.46. The van der Waals surface area contributed by atoms with E-state index in [1.165, 1.54) is 0 Å². The van der Waals surface area contributed by atoms with Gasteiger partial charge in [0.25, 0.3) is 0 Å². The van der Waals surface area contributed by atoms with Crippen LogP contribution in [0.4, 0.5) is 10.5 Å². The summed E-state index contributed by atoms with van der Waals surface area (Å²) >= 11 is 0. The molecule has 0 aliphatic carbocycles. The molecule has 1 saturated heterocycles. The molecule has 22 heavy (non-hydrogen) atoms. The summed E-state index contributed by atoms with van der Waals surface area (Å²) in [6.07, 6.45) is 5.31. The molecule has 2 amide bonds. The third-order valence-electron chi connectivity index (χ3n) is 3.92. The molecule has 7 nitrogen and oxygen atoms in total. The van der Waals surface area contributed by atoms with Crippen LogP contribution in [0, 0.1) is 0 Å². The van der Waals surface area contributed by atoms with Crippen molar-refractivity contribution in [3.63, 3.8) is 0 Å². The number of rotatable bonds is 3. The van der Waals surface area contributed by atoms with Crippen molar-refractivity contribution < 1.29 is 9.53 Å². The number of nitrogens with one attached hydrogen (secondary N) is 1. The average molecular weight is 301 g/mol. The van der Waals surface area contributed by atoms with Gasteiger partial charge in [-0.05, 0) is 25.0 Å². The minimum absolute atomic E-state index is 0.0958. The fourth-order valence-corrected chi connectivity index (χ4v) is 2.69. The van der Waals surface area contributed by atoms with Gasteiger partial charge in [-0.3, -0.25) is 0 Å². The molecule has 0 unspecified atom stereocenters. The highest BCUT2D eigenvalue weighted by Crippen LogP contribution is 2.25. The van der Waals surface area contributed by atoms with Gasteiger partial charge in [0.2, 0.25) is 0 Å². The number of likely N-dealkylation sites (tertiary alicyclic amines) is 1. The van der Waals surface area contributed by atoms with Crippen molar-refractivity contribution in [2.45, 2.75) is 18.9 Å². The Hall–Kier alpha value is -2.57. The lowest BCUT2D eigenvalue weighted by Crippen LogP contribution is -2.41. The molecule has 1 N–H and O–H groups in total. The van der Waals surface area contributed by atoms with Crippen LogP contribution in [-0.2, 0) is 0 Å². The Kier molecular flexibility index (Phi) is 4.22. The van der Waals surface area contributed by atoms with E-state index in [1.807, 2.05) is 40.0 Å². The SMILES string of the molecule is COc1ccccc1NC(=O)N1CCC(n2ccnn2)CC1. The molecule has 0 saturated carbocycles. The molecule has 0 spiro atoms. The van der Waals surface area contributed by atoms with Crippen LogP contribution in [0.25, 0.3) is 0 Å². The lowest BCUT2D eigenvalue weighted by molar-refractivity contribution is 0.179. The van der Waals surface area contributed by atoms with Gasteiger partial charge in [0.15, 0.2) is 0 Å². The van der Waals surface area contributed by atoms with Crippen molar-refractivity contribution in [2.24, 2.45) is 0 Å². The first kappa shape index (κ1) is 14.4. The van der Waals surface area contributed by atoms with Gasteiger partial charge in [0, 0.05) is 19.3 Å². The quantitative estimate of drug-likeness (QED) is 0.943. The van der Waals surface area contributed by atoms with Crippen LogP contribution < -0.4 is 10.1 Å². The number of piperidine rings is 1. The molecule has 0 radical (unpaired) electrons. The van der Waals surface area contributed by atoms with Crippen molar-refractivity contribution >= 4 is 11.7 Å². The van der Waals surface area contributed by atoms with Crippen LogP contribution >= 0.6 is 0 Å². The highest BCUT2D eigenvalue weighted by atomic mass is 16.5. The van der Waals surface area contributed by atoms with E-state index in [4.69, 9.17) is 4.74 Å². The maximum atomic E-state index is 12.4. The number of aromatic nitrogens is 3. The third-order valence-corrected chi connectivity index (χ3v) is 3.92. The second-order valence-electron chi connectivity index (χ2n) is 5.23. The van der Waals surface area contributed by atoms with Crippen molar-refractivity contribution in [1.82, 2.24) is 19.9 Å². The Bertz CT molecular complexity index is 621. The van der Waals surface area contributed by atoms with E-state index in [0.29, 0.717) is 30.6 Å². The Labute approximate surface area is 128 Å². The van der Waals surface area contributed by atoms with Crippen LogP contribution in [0.2, 0.25) is 0 Å². The topological polar surface area (TPSA) is 72.3 Å². The fourth-order valence-electron chi connectivity index (χ4n) is 2.69. The van der Waals surface area contributed by atoms with E-state index in [-0.39, 0.29) is 6.03 Å². The summed E-state index contributed by atoms with van der Waals surface area (Å²) < 4.78 is 7.12. The van der Waals surface area contributed by atoms with Crippen molar-refractivity contribution in [1.29, 1.82) is 0 Å². The van der Waals surface area contributed by atoms with Gasteiger partial charge in [0.1, 0.15) is 5.75 Å². The Morgan fingerprint density at radius 1 is 1.32 bits per heavy atom. The van der Waals surface area contributed by atoms with E-state index in [0.717, 1.165) is 12.8 Å². The number of anilines is 1. The summed E-state index contributed by atoms with van der Waals surface area (Å²) in [5.41, 5.74) is 0.688. The monoisotopic (exact) mass is 301 g/mol. The molecule has 2 aromatic rings. The lowest BCUT2D eigenvalue weighted by Gasteiger charge is -2.31. The smallest absolute Gasteiger partial charge is 0.321 e.